The number of nitrogen functional groups attached to an aromatic ring is 1. The number of nitrogens with zero attached hydrogens (tertiary/aromatic N) is 1. The Hall–Kier alpha value is -1.26. The fraction of sp³-hybridized carbons (Fsp3) is 0.533. The van der Waals surface area contributed by atoms with Crippen LogP contribution in [0.2, 0.25) is 5.02 Å². The van der Waals surface area contributed by atoms with Gasteiger partial charge < -0.3 is 16.0 Å². The van der Waals surface area contributed by atoms with Crippen molar-refractivity contribution in [2.24, 2.45) is 5.92 Å². The molecule has 4 nitrogen and oxygen atoms in total. The molecule has 0 atom stereocenters. The van der Waals surface area contributed by atoms with Gasteiger partial charge in [0.1, 0.15) is 0 Å². The minimum Gasteiger partial charge on any atom is -0.397 e. The van der Waals surface area contributed by atoms with Gasteiger partial charge in [-0.05, 0) is 44.0 Å². The van der Waals surface area contributed by atoms with Gasteiger partial charge in [0.2, 0.25) is 5.91 Å². The molecule has 0 unspecified atom stereocenters. The van der Waals surface area contributed by atoms with Crippen molar-refractivity contribution in [1.29, 1.82) is 0 Å². The fourth-order valence-corrected chi connectivity index (χ4v) is 2.46. The van der Waals surface area contributed by atoms with Gasteiger partial charge in [-0.1, -0.05) is 18.0 Å². The number of anilines is 2. The topological polar surface area (TPSA) is 58.4 Å². The summed E-state index contributed by atoms with van der Waals surface area (Å²) in [7, 11) is 2.08. The number of halogens is 1. The molecule has 1 fully saturated rings. The molecule has 0 aliphatic heterocycles. The zero-order valence-corrected chi connectivity index (χ0v) is 12.6. The van der Waals surface area contributed by atoms with E-state index in [1.165, 1.54) is 19.3 Å². The third-order valence-electron chi connectivity index (χ3n) is 3.79. The molecular weight excluding hydrogens is 274 g/mol. The molecule has 20 heavy (non-hydrogen) atoms. The zero-order chi connectivity index (χ0) is 14.5. The third kappa shape index (κ3) is 4.39. The zero-order valence-electron chi connectivity index (χ0n) is 11.9. The lowest BCUT2D eigenvalue weighted by molar-refractivity contribution is -0.116. The maximum atomic E-state index is 11.9. The number of rotatable bonds is 6. The lowest BCUT2D eigenvalue weighted by Crippen LogP contribution is -2.31. The van der Waals surface area contributed by atoms with E-state index < -0.39 is 0 Å². The Labute approximate surface area is 125 Å². The monoisotopic (exact) mass is 295 g/mol. The quantitative estimate of drug-likeness (QED) is 0.793. The highest BCUT2D eigenvalue weighted by atomic mass is 35.5. The van der Waals surface area contributed by atoms with Crippen LogP contribution in [0.25, 0.3) is 0 Å². The predicted octanol–water partition coefficient (Wildman–Crippen LogP) is 2.98. The number of benzene rings is 1. The number of carbonyl (C=O) groups excluding carboxylic acids is 1. The van der Waals surface area contributed by atoms with Gasteiger partial charge in [-0.2, -0.15) is 0 Å². The number of amides is 1. The molecule has 110 valence electrons. The van der Waals surface area contributed by atoms with E-state index in [1.807, 2.05) is 0 Å². The summed E-state index contributed by atoms with van der Waals surface area (Å²) in [5.74, 6) is 0.839. The van der Waals surface area contributed by atoms with Gasteiger partial charge >= 0.3 is 0 Å². The SMILES string of the molecule is CN(CCC(=O)Nc1ccc(Cl)c(N)c1)CC1CCC1. The standard InChI is InChI=1S/C15H22ClN3O/c1-19(10-11-3-2-4-11)8-7-15(20)18-12-5-6-13(16)14(17)9-12/h5-6,9,11H,2-4,7-8,10,17H2,1H3,(H,18,20). The summed E-state index contributed by atoms with van der Waals surface area (Å²) < 4.78 is 0. The van der Waals surface area contributed by atoms with E-state index in [9.17, 15) is 4.79 Å². The van der Waals surface area contributed by atoms with Crippen LogP contribution in [-0.2, 0) is 4.79 Å². The number of nitrogens with two attached hydrogens (primary N) is 1. The normalized spacial score (nSPS) is 15.2. The van der Waals surface area contributed by atoms with Crippen LogP contribution in [-0.4, -0.2) is 30.9 Å². The van der Waals surface area contributed by atoms with E-state index in [2.05, 4.69) is 17.3 Å². The smallest absolute Gasteiger partial charge is 0.225 e. The molecule has 1 aliphatic carbocycles. The lowest BCUT2D eigenvalue weighted by atomic mass is 9.85. The molecule has 1 amide bonds. The Morgan fingerprint density at radius 1 is 1.50 bits per heavy atom. The van der Waals surface area contributed by atoms with E-state index in [4.69, 9.17) is 17.3 Å². The highest BCUT2D eigenvalue weighted by Crippen LogP contribution is 2.26. The van der Waals surface area contributed by atoms with E-state index in [-0.39, 0.29) is 5.91 Å². The van der Waals surface area contributed by atoms with Crippen molar-refractivity contribution < 1.29 is 4.79 Å². The van der Waals surface area contributed by atoms with E-state index in [0.29, 0.717) is 22.8 Å². The number of hydrogen-bond acceptors (Lipinski definition) is 3. The van der Waals surface area contributed by atoms with E-state index in [0.717, 1.165) is 19.0 Å². The Balaban J connectivity index is 1.72. The fourth-order valence-electron chi connectivity index (χ4n) is 2.34. The van der Waals surface area contributed by atoms with Crippen molar-refractivity contribution in [2.75, 3.05) is 31.2 Å². The first kappa shape index (κ1) is 15.1. The molecule has 2 rings (SSSR count). The van der Waals surface area contributed by atoms with Crippen molar-refractivity contribution in [2.45, 2.75) is 25.7 Å². The molecule has 0 heterocycles. The Bertz CT molecular complexity index is 474. The first-order valence-electron chi connectivity index (χ1n) is 7.08. The molecule has 0 saturated heterocycles. The number of nitrogens with one attached hydrogen (secondary N) is 1. The average Bonchev–Trinajstić information content (AvgIpc) is 2.36. The van der Waals surface area contributed by atoms with Gasteiger partial charge in [0.25, 0.3) is 0 Å². The number of hydrogen-bond donors (Lipinski definition) is 2. The summed E-state index contributed by atoms with van der Waals surface area (Å²) >= 11 is 5.84. The second kappa shape index (κ2) is 6.95. The van der Waals surface area contributed by atoms with Crippen molar-refractivity contribution in [3.63, 3.8) is 0 Å². The molecule has 1 saturated carbocycles. The molecule has 1 aromatic rings. The van der Waals surface area contributed by atoms with Crippen LogP contribution in [0.3, 0.4) is 0 Å². The lowest BCUT2D eigenvalue weighted by Gasteiger charge is -2.29. The summed E-state index contributed by atoms with van der Waals surface area (Å²) in [5, 5.41) is 3.35. The molecular formula is C15H22ClN3O. The van der Waals surface area contributed by atoms with Crippen LogP contribution < -0.4 is 11.1 Å². The average molecular weight is 296 g/mol. The minimum absolute atomic E-state index is 0.00665. The molecule has 1 aromatic carbocycles. The van der Waals surface area contributed by atoms with Gasteiger partial charge in [0.15, 0.2) is 0 Å². The molecule has 0 radical (unpaired) electrons. The van der Waals surface area contributed by atoms with Crippen LogP contribution in [0.5, 0.6) is 0 Å². The van der Waals surface area contributed by atoms with Gasteiger partial charge in [-0.3, -0.25) is 4.79 Å². The minimum atomic E-state index is 0.00665. The Morgan fingerprint density at radius 2 is 2.25 bits per heavy atom. The largest absolute Gasteiger partial charge is 0.397 e. The van der Waals surface area contributed by atoms with Gasteiger partial charge in [-0.15, -0.1) is 0 Å². The summed E-state index contributed by atoms with van der Waals surface area (Å²) in [5.41, 5.74) is 6.88. The predicted molar refractivity (Wildman–Crippen MR) is 83.9 cm³/mol. The van der Waals surface area contributed by atoms with Crippen LogP contribution in [0.15, 0.2) is 18.2 Å². The maximum absolute atomic E-state index is 11.9. The van der Waals surface area contributed by atoms with Crippen molar-refractivity contribution in [3.05, 3.63) is 23.2 Å². The molecule has 1 aliphatic rings. The van der Waals surface area contributed by atoms with Crippen LogP contribution in [0.4, 0.5) is 11.4 Å². The van der Waals surface area contributed by atoms with Crippen LogP contribution in [0.1, 0.15) is 25.7 Å². The van der Waals surface area contributed by atoms with Crippen molar-refractivity contribution in [1.82, 2.24) is 4.90 Å². The molecule has 0 bridgehead atoms. The Morgan fingerprint density at radius 3 is 2.85 bits per heavy atom. The van der Waals surface area contributed by atoms with E-state index >= 15 is 0 Å². The highest BCUT2D eigenvalue weighted by molar-refractivity contribution is 6.33. The molecule has 0 aromatic heterocycles. The van der Waals surface area contributed by atoms with Crippen molar-refractivity contribution >= 4 is 28.9 Å². The van der Waals surface area contributed by atoms with Gasteiger partial charge in [0, 0.05) is 25.2 Å². The Kier molecular flexibility index (Phi) is 5.26. The summed E-state index contributed by atoms with van der Waals surface area (Å²) in [6.45, 7) is 1.88. The summed E-state index contributed by atoms with van der Waals surface area (Å²) in [6.07, 6.45) is 4.52. The molecule has 0 spiro atoms. The van der Waals surface area contributed by atoms with Gasteiger partial charge in [-0.25, -0.2) is 0 Å². The molecule has 5 heteroatoms. The summed E-state index contributed by atoms with van der Waals surface area (Å²) in [6, 6.07) is 5.13. The van der Waals surface area contributed by atoms with Crippen LogP contribution in [0, 0.1) is 5.92 Å². The second-order valence-corrected chi connectivity index (χ2v) is 6.00. The van der Waals surface area contributed by atoms with Crippen molar-refractivity contribution in [3.8, 4) is 0 Å². The van der Waals surface area contributed by atoms with Gasteiger partial charge in [0.05, 0.1) is 10.7 Å². The highest BCUT2D eigenvalue weighted by Gasteiger charge is 2.19. The maximum Gasteiger partial charge on any atom is 0.225 e. The summed E-state index contributed by atoms with van der Waals surface area (Å²) in [4.78, 5) is 14.1. The second-order valence-electron chi connectivity index (χ2n) is 5.59. The van der Waals surface area contributed by atoms with E-state index in [1.54, 1.807) is 18.2 Å². The third-order valence-corrected chi connectivity index (χ3v) is 4.14. The first-order chi connectivity index (χ1) is 9.54. The van der Waals surface area contributed by atoms with Crippen LogP contribution >= 0.6 is 11.6 Å². The molecule has 3 N–H and O–H groups in total. The first-order valence-corrected chi connectivity index (χ1v) is 7.46. The number of carbonyl (C=O) groups is 1.